The quantitative estimate of drug-likeness (QED) is 0.890. The zero-order valence-corrected chi connectivity index (χ0v) is 13.5. The highest BCUT2D eigenvalue weighted by molar-refractivity contribution is 5.89. The van der Waals surface area contributed by atoms with E-state index in [0.29, 0.717) is 6.54 Å². The van der Waals surface area contributed by atoms with E-state index in [4.69, 9.17) is 5.73 Å². The Morgan fingerprint density at radius 2 is 1.70 bits per heavy atom. The van der Waals surface area contributed by atoms with Gasteiger partial charge >= 0.3 is 6.03 Å². The van der Waals surface area contributed by atoms with Crippen LogP contribution >= 0.6 is 0 Å². The third kappa shape index (κ3) is 3.90. The van der Waals surface area contributed by atoms with E-state index in [1.165, 1.54) is 11.1 Å². The van der Waals surface area contributed by atoms with Gasteiger partial charge in [-0.15, -0.1) is 0 Å². The zero-order chi connectivity index (χ0) is 16.2. The van der Waals surface area contributed by atoms with Crippen LogP contribution in [0.2, 0.25) is 0 Å². The van der Waals surface area contributed by atoms with E-state index < -0.39 is 0 Å². The van der Waals surface area contributed by atoms with Crippen LogP contribution in [0.4, 0.5) is 10.5 Å². The number of anilines is 1. The molecule has 0 saturated carbocycles. The monoisotopic (exact) mass is 309 g/mol. The molecule has 2 aromatic carbocycles. The van der Waals surface area contributed by atoms with E-state index in [9.17, 15) is 4.79 Å². The third-order valence-corrected chi connectivity index (χ3v) is 4.27. The highest BCUT2D eigenvalue weighted by Crippen LogP contribution is 2.22. The highest BCUT2D eigenvalue weighted by atomic mass is 16.2. The first kappa shape index (κ1) is 15.6. The van der Waals surface area contributed by atoms with E-state index in [1.54, 1.807) is 4.90 Å². The van der Waals surface area contributed by atoms with Crippen LogP contribution in [0.1, 0.15) is 18.4 Å². The Hall–Kier alpha value is -2.33. The standard InChI is InChI=1S/C19H23N3O/c1-14-4-6-15(7-5-14)16-8-10-18(11-9-16)21-19(23)22-12-2-3-17(20)13-22/h4-11,17H,2-3,12-13,20H2,1H3,(H,21,23). The smallest absolute Gasteiger partial charge is 0.321 e. The largest absolute Gasteiger partial charge is 0.326 e. The molecule has 23 heavy (non-hydrogen) atoms. The Morgan fingerprint density at radius 3 is 2.30 bits per heavy atom. The molecule has 1 saturated heterocycles. The molecule has 1 atom stereocenters. The minimum absolute atomic E-state index is 0.0664. The number of likely N-dealkylation sites (tertiary alicyclic amines) is 1. The molecule has 4 heteroatoms. The fourth-order valence-corrected chi connectivity index (χ4v) is 2.89. The molecule has 0 radical (unpaired) electrons. The fourth-order valence-electron chi connectivity index (χ4n) is 2.89. The van der Waals surface area contributed by atoms with Crippen LogP contribution in [0.15, 0.2) is 48.5 Å². The number of carbonyl (C=O) groups excluding carboxylic acids is 1. The van der Waals surface area contributed by atoms with Crippen molar-refractivity contribution in [2.45, 2.75) is 25.8 Å². The van der Waals surface area contributed by atoms with E-state index in [1.807, 2.05) is 24.3 Å². The number of nitrogens with zero attached hydrogens (tertiary/aromatic N) is 1. The average Bonchev–Trinajstić information content (AvgIpc) is 2.56. The summed E-state index contributed by atoms with van der Waals surface area (Å²) < 4.78 is 0. The Balaban J connectivity index is 1.65. The predicted molar refractivity (Wildman–Crippen MR) is 94.4 cm³/mol. The topological polar surface area (TPSA) is 58.4 Å². The summed E-state index contributed by atoms with van der Waals surface area (Å²) in [5.41, 5.74) is 10.3. The number of hydrogen-bond acceptors (Lipinski definition) is 2. The third-order valence-electron chi connectivity index (χ3n) is 4.27. The van der Waals surface area contributed by atoms with Gasteiger partial charge in [0.25, 0.3) is 0 Å². The van der Waals surface area contributed by atoms with Gasteiger partial charge in [-0.3, -0.25) is 0 Å². The molecular formula is C19H23N3O. The summed E-state index contributed by atoms with van der Waals surface area (Å²) in [5.74, 6) is 0. The van der Waals surface area contributed by atoms with Crippen molar-refractivity contribution in [1.82, 2.24) is 4.90 Å². The summed E-state index contributed by atoms with van der Waals surface area (Å²) in [6.45, 7) is 3.49. The van der Waals surface area contributed by atoms with Crippen molar-refractivity contribution in [3.63, 3.8) is 0 Å². The Bertz CT molecular complexity index is 664. The maximum Gasteiger partial charge on any atom is 0.321 e. The van der Waals surface area contributed by atoms with Crippen LogP contribution in [-0.2, 0) is 0 Å². The lowest BCUT2D eigenvalue weighted by Gasteiger charge is -2.30. The Labute approximate surface area is 137 Å². The van der Waals surface area contributed by atoms with Gasteiger partial charge in [0.2, 0.25) is 0 Å². The lowest BCUT2D eigenvalue weighted by Crippen LogP contribution is -2.47. The van der Waals surface area contributed by atoms with Gasteiger partial charge in [-0.1, -0.05) is 42.0 Å². The summed E-state index contributed by atoms with van der Waals surface area (Å²) in [7, 11) is 0. The number of benzene rings is 2. The molecule has 3 rings (SSSR count). The van der Waals surface area contributed by atoms with Crippen LogP contribution in [0.5, 0.6) is 0 Å². The molecule has 0 spiro atoms. The van der Waals surface area contributed by atoms with Crippen molar-refractivity contribution in [1.29, 1.82) is 0 Å². The second-order valence-electron chi connectivity index (χ2n) is 6.22. The van der Waals surface area contributed by atoms with Crippen molar-refractivity contribution in [2.75, 3.05) is 18.4 Å². The van der Waals surface area contributed by atoms with Crippen molar-refractivity contribution in [3.05, 3.63) is 54.1 Å². The predicted octanol–water partition coefficient (Wildman–Crippen LogP) is 3.62. The highest BCUT2D eigenvalue weighted by Gasteiger charge is 2.21. The molecule has 0 bridgehead atoms. The van der Waals surface area contributed by atoms with Crippen molar-refractivity contribution >= 4 is 11.7 Å². The second-order valence-corrected chi connectivity index (χ2v) is 6.22. The summed E-state index contributed by atoms with van der Waals surface area (Å²) in [6, 6.07) is 16.4. The fraction of sp³-hybridized carbons (Fsp3) is 0.316. The number of rotatable bonds is 2. The van der Waals surface area contributed by atoms with Gasteiger partial charge in [0, 0.05) is 24.8 Å². The first-order valence-electron chi connectivity index (χ1n) is 8.10. The van der Waals surface area contributed by atoms with E-state index in [2.05, 4.69) is 36.5 Å². The van der Waals surface area contributed by atoms with Crippen molar-refractivity contribution in [3.8, 4) is 11.1 Å². The normalized spacial score (nSPS) is 17.8. The minimum atomic E-state index is -0.0664. The summed E-state index contributed by atoms with van der Waals surface area (Å²) in [4.78, 5) is 14.1. The first-order chi connectivity index (χ1) is 11.1. The van der Waals surface area contributed by atoms with Gasteiger partial charge in [0.1, 0.15) is 0 Å². The van der Waals surface area contributed by atoms with Gasteiger partial charge < -0.3 is 16.0 Å². The number of aryl methyl sites for hydroxylation is 1. The Morgan fingerprint density at radius 1 is 1.09 bits per heavy atom. The molecule has 1 heterocycles. The number of piperidine rings is 1. The minimum Gasteiger partial charge on any atom is -0.326 e. The first-order valence-corrected chi connectivity index (χ1v) is 8.10. The molecule has 2 aromatic rings. The molecule has 120 valence electrons. The molecule has 0 aromatic heterocycles. The molecule has 4 nitrogen and oxygen atoms in total. The van der Waals surface area contributed by atoms with Crippen LogP contribution in [0.25, 0.3) is 11.1 Å². The van der Waals surface area contributed by atoms with Gasteiger partial charge in [-0.2, -0.15) is 0 Å². The molecule has 1 aliphatic rings. The van der Waals surface area contributed by atoms with Gasteiger partial charge in [0.15, 0.2) is 0 Å². The average molecular weight is 309 g/mol. The lowest BCUT2D eigenvalue weighted by molar-refractivity contribution is 0.193. The molecule has 1 unspecified atom stereocenters. The van der Waals surface area contributed by atoms with Gasteiger partial charge in [-0.25, -0.2) is 4.79 Å². The lowest BCUT2D eigenvalue weighted by atomic mass is 10.0. The van der Waals surface area contributed by atoms with Gasteiger partial charge in [-0.05, 0) is 43.0 Å². The molecule has 1 fully saturated rings. The van der Waals surface area contributed by atoms with Crippen LogP contribution in [-0.4, -0.2) is 30.1 Å². The maximum atomic E-state index is 12.3. The van der Waals surface area contributed by atoms with Crippen molar-refractivity contribution in [2.24, 2.45) is 5.73 Å². The van der Waals surface area contributed by atoms with Crippen LogP contribution < -0.4 is 11.1 Å². The number of nitrogens with one attached hydrogen (secondary N) is 1. The number of urea groups is 1. The molecule has 0 aliphatic carbocycles. The van der Waals surface area contributed by atoms with E-state index in [-0.39, 0.29) is 12.1 Å². The Kier molecular flexibility index (Phi) is 4.63. The zero-order valence-electron chi connectivity index (χ0n) is 13.5. The van der Waals surface area contributed by atoms with E-state index in [0.717, 1.165) is 30.6 Å². The van der Waals surface area contributed by atoms with Crippen LogP contribution in [0.3, 0.4) is 0 Å². The van der Waals surface area contributed by atoms with Gasteiger partial charge in [0.05, 0.1) is 0 Å². The maximum absolute atomic E-state index is 12.3. The number of carbonyl (C=O) groups is 1. The number of amides is 2. The summed E-state index contributed by atoms with van der Waals surface area (Å²) >= 11 is 0. The SMILES string of the molecule is Cc1ccc(-c2ccc(NC(=O)N3CCCC(N)C3)cc2)cc1. The van der Waals surface area contributed by atoms with Crippen LogP contribution in [0, 0.1) is 6.92 Å². The molecule has 1 aliphatic heterocycles. The number of hydrogen-bond donors (Lipinski definition) is 2. The molecule has 3 N–H and O–H groups in total. The molecular weight excluding hydrogens is 286 g/mol. The summed E-state index contributed by atoms with van der Waals surface area (Å²) in [6.07, 6.45) is 1.97. The number of nitrogens with two attached hydrogens (primary N) is 1. The van der Waals surface area contributed by atoms with E-state index >= 15 is 0 Å². The van der Waals surface area contributed by atoms with Crippen molar-refractivity contribution < 1.29 is 4.79 Å². The summed E-state index contributed by atoms with van der Waals surface area (Å²) in [5, 5.41) is 2.95. The second kappa shape index (κ2) is 6.84. The molecule has 2 amide bonds.